The molecule has 0 radical (unpaired) electrons. The van der Waals surface area contributed by atoms with Gasteiger partial charge in [-0.15, -0.1) is 0 Å². The first-order valence-corrected chi connectivity index (χ1v) is 9.96. The van der Waals surface area contributed by atoms with Crippen LogP contribution < -0.4 is 10.2 Å². The zero-order valence-corrected chi connectivity index (χ0v) is 17.9. The van der Waals surface area contributed by atoms with Crippen LogP contribution in [0.15, 0.2) is 41.7 Å². The van der Waals surface area contributed by atoms with Gasteiger partial charge in [-0.3, -0.25) is 4.98 Å². The van der Waals surface area contributed by atoms with Crippen LogP contribution in [-0.2, 0) is 6.54 Å². The molecule has 1 aromatic carbocycles. The number of alkyl halides is 2. The van der Waals surface area contributed by atoms with E-state index >= 15 is 0 Å². The molecule has 2 heterocycles. The molecule has 0 spiro atoms. The number of carbonyl (C=O) groups excluding carboxylic acids is 1. The summed E-state index contributed by atoms with van der Waals surface area (Å²) in [6.45, 7) is 0.752. The van der Waals surface area contributed by atoms with Crippen molar-refractivity contribution >= 4 is 34.6 Å². The van der Waals surface area contributed by atoms with Crippen molar-refractivity contribution in [2.75, 3.05) is 37.4 Å². The molecule has 2 aromatic rings. The number of nitrogens with one attached hydrogen (secondary N) is 1. The lowest BCUT2D eigenvalue weighted by Gasteiger charge is -2.27. The van der Waals surface area contributed by atoms with Crippen molar-refractivity contribution in [3.8, 4) is 0 Å². The Balaban J connectivity index is 1.68. The minimum Gasteiger partial charge on any atom is -0.377 e. The van der Waals surface area contributed by atoms with Gasteiger partial charge in [-0.25, -0.2) is 13.6 Å². The van der Waals surface area contributed by atoms with E-state index in [-0.39, 0.29) is 18.1 Å². The number of benzene rings is 1. The van der Waals surface area contributed by atoms with E-state index in [2.05, 4.69) is 15.5 Å². The molecular formula is C21H22ClF2N5O2. The van der Waals surface area contributed by atoms with E-state index < -0.39 is 6.43 Å². The summed E-state index contributed by atoms with van der Waals surface area (Å²) in [6, 6.07) is 5.73. The third kappa shape index (κ3) is 5.35. The van der Waals surface area contributed by atoms with Crippen LogP contribution >= 0.6 is 11.6 Å². The van der Waals surface area contributed by atoms with Crippen LogP contribution in [0.2, 0.25) is 5.02 Å². The van der Waals surface area contributed by atoms with E-state index in [0.717, 1.165) is 5.57 Å². The second-order valence-electron chi connectivity index (χ2n) is 7.29. The monoisotopic (exact) mass is 449 g/mol. The number of hydrogen-bond acceptors (Lipinski definition) is 5. The summed E-state index contributed by atoms with van der Waals surface area (Å²) in [5.74, 6) is 0. The molecule has 1 aliphatic rings. The van der Waals surface area contributed by atoms with Gasteiger partial charge < -0.3 is 15.1 Å². The number of hydrogen-bond donors (Lipinski definition) is 1. The Kier molecular flexibility index (Phi) is 7.17. The van der Waals surface area contributed by atoms with Gasteiger partial charge in [0.15, 0.2) is 0 Å². The summed E-state index contributed by atoms with van der Waals surface area (Å²) >= 11 is 6.28. The van der Waals surface area contributed by atoms with Crippen LogP contribution in [-0.4, -0.2) is 43.1 Å². The normalized spacial score (nSPS) is 13.7. The van der Waals surface area contributed by atoms with Crippen molar-refractivity contribution in [1.29, 1.82) is 0 Å². The molecule has 7 nitrogen and oxygen atoms in total. The molecule has 10 heteroatoms. The highest BCUT2D eigenvalue weighted by molar-refractivity contribution is 6.32. The summed E-state index contributed by atoms with van der Waals surface area (Å²) in [6.07, 6.45) is 1.29. The van der Waals surface area contributed by atoms with Gasteiger partial charge in [0.2, 0.25) is 0 Å². The molecule has 1 N–H and O–H groups in total. The average Bonchev–Trinajstić information content (AvgIpc) is 2.74. The molecule has 0 unspecified atom stereocenters. The number of nitrogens with zero attached hydrogens (tertiary/aromatic N) is 4. The molecule has 0 atom stereocenters. The van der Waals surface area contributed by atoms with Gasteiger partial charge in [0.1, 0.15) is 6.54 Å². The van der Waals surface area contributed by atoms with Crippen molar-refractivity contribution in [2.24, 2.45) is 5.18 Å². The van der Waals surface area contributed by atoms with Gasteiger partial charge in [0.05, 0.1) is 10.7 Å². The summed E-state index contributed by atoms with van der Waals surface area (Å²) in [5.41, 5.74) is 2.71. The van der Waals surface area contributed by atoms with Crippen molar-refractivity contribution in [3.63, 3.8) is 0 Å². The van der Waals surface area contributed by atoms with Crippen LogP contribution in [0.4, 0.5) is 25.0 Å². The quantitative estimate of drug-likeness (QED) is 0.605. The van der Waals surface area contributed by atoms with Crippen molar-refractivity contribution < 1.29 is 13.6 Å². The molecule has 0 saturated heterocycles. The van der Waals surface area contributed by atoms with E-state index in [1.807, 2.05) is 6.08 Å². The first-order chi connectivity index (χ1) is 14.8. The zero-order chi connectivity index (χ0) is 22.5. The van der Waals surface area contributed by atoms with Crippen molar-refractivity contribution in [3.05, 3.63) is 63.3 Å². The Morgan fingerprint density at radius 1 is 1.35 bits per heavy atom. The highest BCUT2D eigenvalue weighted by atomic mass is 35.5. The van der Waals surface area contributed by atoms with Crippen molar-refractivity contribution in [2.45, 2.75) is 19.4 Å². The number of pyridine rings is 1. The Labute approximate surface area is 183 Å². The maximum atomic E-state index is 13.4. The zero-order valence-electron chi connectivity index (χ0n) is 17.1. The van der Waals surface area contributed by atoms with Crippen molar-refractivity contribution in [1.82, 2.24) is 9.88 Å². The Hall–Kier alpha value is -3.07. The molecule has 0 fully saturated rings. The van der Waals surface area contributed by atoms with Gasteiger partial charge in [0, 0.05) is 50.3 Å². The summed E-state index contributed by atoms with van der Waals surface area (Å²) < 4.78 is 26.7. The number of aromatic nitrogens is 1. The second kappa shape index (κ2) is 9.82. The fourth-order valence-electron chi connectivity index (χ4n) is 3.36. The largest absolute Gasteiger partial charge is 0.377 e. The standard InChI is InChI=1S/C21H22ClF2N5O2/c1-28(2)18-4-3-15(10-16(18)20(23)24)27-21(30)29-7-5-14(6-8-29)19-17(22)9-13(11-25-19)12-26-31/h3-5,9-11,20H,6-8,12H2,1-2H3,(H,27,30). The molecule has 0 bridgehead atoms. The first-order valence-electron chi connectivity index (χ1n) is 9.58. The maximum absolute atomic E-state index is 13.4. The molecule has 0 aliphatic carbocycles. The Morgan fingerprint density at radius 3 is 2.71 bits per heavy atom. The number of nitroso groups, excluding NO2 is 1. The van der Waals surface area contributed by atoms with Crippen LogP contribution in [0.25, 0.3) is 5.57 Å². The lowest BCUT2D eigenvalue weighted by molar-refractivity contribution is 0.152. The highest BCUT2D eigenvalue weighted by Crippen LogP contribution is 2.32. The Morgan fingerprint density at radius 2 is 2.13 bits per heavy atom. The number of urea groups is 1. The van der Waals surface area contributed by atoms with E-state index in [1.165, 1.54) is 6.07 Å². The average molecular weight is 450 g/mol. The van der Waals surface area contributed by atoms with Gasteiger partial charge >= 0.3 is 6.03 Å². The van der Waals surface area contributed by atoms with E-state index in [4.69, 9.17) is 11.6 Å². The molecule has 0 saturated carbocycles. The highest BCUT2D eigenvalue weighted by Gasteiger charge is 2.21. The number of halogens is 3. The van der Waals surface area contributed by atoms with Gasteiger partial charge in [-0.2, -0.15) is 4.91 Å². The van der Waals surface area contributed by atoms with Crippen LogP contribution in [0.3, 0.4) is 0 Å². The number of rotatable bonds is 6. The van der Waals surface area contributed by atoms with E-state index in [9.17, 15) is 18.5 Å². The predicted molar refractivity (Wildman–Crippen MR) is 118 cm³/mol. The lowest BCUT2D eigenvalue weighted by atomic mass is 10.0. The fourth-order valence-corrected chi connectivity index (χ4v) is 3.67. The minimum absolute atomic E-state index is 0.00277. The molecule has 31 heavy (non-hydrogen) atoms. The first kappa shape index (κ1) is 22.6. The summed E-state index contributed by atoms with van der Waals surface area (Å²) in [5, 5.41) is 5.93. The predicted octanol–water partition coefficient (Wildman–Crippen LogP) is 5.33. The molecule has 3 rings (SSSR count). The third-order valence-electron chi connectivity index (χ3n) is 4.94. The van der Waals surface area contributed by atoms with Gasteiger partial charge in [-0.1, -0.05) is 22.9 Å². The smallest absolute Gasteiger partial charge is 0.322 e. The van der Waals surface area contributed by atoms with Gasteiger partial charge in [0.25, 0.3) is 6.43 Å². The molecule has 2 amide bonds. The molecule has 1 aromatic heterocycles. The summed E-state index contributed by atoms with van der Waals surface area (Å²) in [4.78, 5) is 30.5. The lowest BCUT2D eigenvalue weighted by Crippen LogP contribution is -2.38. The van der Waals surface area contributed by atoms with Crippen LogP contribution in [0, 0.1) is 4.91 Å². The van der Waals surface area contributed by atoms with E-state index in [0.29, 0.717) is 47.2 Å². The molecule has 164 valence electrons. The molecule has 1 aliphatic heterocycles. The SMILES string of the molecule is CN(C)c1ccc(NC(=O)N2CC=C(c3ncc(CN=O)cc3Cl)CC2)cc1C(F)F. The number of amides is 2. The number of carbonyl (C=O) groups is 1. The maximum Gasteiger partial charge on any atom is 0.322 e. The Bertz CT molecular complexity index is 1010. The fraction of sp³-hybridized carbons (Fsp3) is 0.333. The van der Waals surface area contributed by atoms with Gasteiger partial charge in [-0.05, 0) is 41.8 Å². The summed E-state index contributed by atoms with van der Waals surface area (Å²) in [7, 11) is 3.37. The third-order valence-corrected chi connectivity index (χ3v) is 5.23. The minimum atomic E-state index is -2.65. The second-order valence-corrected chi connectivity index (χ2v) is 7.69. The number of anilines is 2. The topological polar surface area (TPSA) is 77.9 Å². The van der Waals surface area contributed by atoms with Crippen LogP contribution in [0.5, 0.6) is 0 Å². The molecular weight excluding hydrogens is 428 g/mol. The van der Waals surface area contributed by atoms with E-state index in [1.54, 1.807) is 48.3 Å². The van der Waals surface area contributed by atoms with Crippen LogP contribution in [0.1, 0.15) is 29.7 Å².